The Kier molecular flexibility index (Phi) is 2.46. The zero-order valence-electron chi connectivity index (χ0n) is 7.43. The molecule has 0 saturated heterocycles. The Balaban J connectivity index is 2.06. The van der Waals surface area contributed by atoms with Crippen molar-refractivity contribution in [3.8, 4) is 0 Å². The maximum absolute atomic E-state index is 11.6. The van der Waals surface area contributed by atoms with Gasteiger partial charge in [-0.25, -0.2) is 18.1 Å². The normalized spacial score (nSPS) is 17.1. The van der Waals surface area contributed by atoms with E-state index in [1.807, 2.05) is 0 Å². The van der Waals surface area contributed by atoms with E-state index in [0.29, 0.717) is 12.5 Å². The molecule has 78 valence electrons. The molecule has 14 heavy (non-hydrogen) atoms. The van der Waals surface area contributed by atoms with E-state index in [9.17, 15) is 8.42 Å². The number of hydrogen-bond donors (Lipinski definition) is 2. The van der Waals surface area contributed by atoms with Gasteiger partial charge in [-0.15, -0.1) is 0 Å². The molecule has 2 rings (SSSR count). The fourth-order valence-electron chi connectivity index (χ4n) is 1.02. The number of aromatic nitrogens is 1. The van der Waals surface area contributed by atoms with Gasteiger partial charge in [0.2, 0.25) is 0 Å². The summed E-state index contributed by atoms with van der Waals surface area (Å²) in [7, 11) is -3.37. The molecule has 3 N–H and O–H groups in total. The van der Waals surface area contributed by atoms with Crippen LogP contribution in [0.15, 0.2) is 10.4 Å². The number of thiazole rings is 1. The Morgan fingerprint density at radius 2 is 2.36 bits per heavy atom. The Labute approximate surface area is 86.4 Å². The molecule has 5 nitrogen and oxygen atoms in total. The van der Waals surface area contributed by atoms with E-state index >= 15 is 0 Å². The first-order valence-electron chi connectivity index (χ1n) is 4.29. The SMILES string of the molecule is Nc1ncc(S(=O)(=O)NCC2CC2)s1. The second-order valence-electron chi connectivity index (χ2n) is 3.31. The van der Waals surface area contributed by atoms with Gasteiger partial charge in [-0.05, 0) is 18.8 Å². The molecule has 0 aromatic carbocycles. The molecule has 7 heteroatoms. The van der Waals surface area contributed by atoms with E-state index in [1.165, 1.54) is 6.20 Å². The first-order chi connectivity index (χ1) is 6.58. The third kappa shape index (κ3) is 2.23. The van der Waals surface area contributed by atoms with Crippen LogP contribution in [0, 0.1) is 5.92 Å². The summed E-state index contributed by atoms with van der Waals surface area (Å²) in [5.74, 6) is 0.523. The van der Waals surface area contributed by atoms with Crippen molar-refractivity contribution in [2.45, 2.75) is 17.1 Å². The van der Waals surface area contributed by atoms with Gasteiger partial charge in [0.15, 0.2) is 9.34 Å². The lowest BCUT2D eigenvalue weighted by Crippen LogP contribution is -2.25. The van der Waals surface area contributed by atoms with E-state index in [1.54, 1.807) is 0 Å². The van der Waals surface area contributed by atoms with Crippen LogP contribution >= 0.6 is 11.3 Å². The summed E-state index contributed by atoms with van der Waals surface area (Å²) in [6.45, 7) is 0.528. The van der Waals surface area contributed by atoms with E-state index < -0.39 is 10.0 Å². The molecule has 0 atom stereocenters. The molecule has 0 unspecified atom stereocenters. The fourth-order valence-corrected chi connectivity index (χ4v) is 3.09. The molecule has 0 aliphatic heterocycles. The van der Waals surface area contributed by atoms with Crippen molar-refractivity contribution >= 4 is 26.5 Å². The fraction of sp³-hybridized carbons (Fsp3) is 0.571. The molecule has 1 aliphatic rings. The van der Waals surface area contributed by atoms with Crippen molar-refractivity contribution in [3.63, 3.8) is 0 Å². The van der Waals surface area contributed by atoms with Crippen LogP contribution in [-0.4, -0.2) is 19.9 Å². The van der Waals surface area contributed by atoms with E-state index in [2.05, 4.69) is 9.71 Å². The highest BCUT2D eigenvalue weighted by atomic mass is 32.2. The van der Waals surface area contributed by atoms with Crippen LogP contribution in [0.1, 0.15) is 12.8 Å². The van der Waals surface area contributed by atoms with Crippen molar-refractivity contribution in [3.05, 3.63) is 6.20 Å². The van der Waals surface area contributed by atoms with Crippen molar-refractivity contribution in [1.82, 2.24) is 9.71 Å². The van der Waals surface area contributed by atoms with Crippen molar-refractivity contribution in [1.29, 1.82) is 0 Å². The summed E-state index contributed by atoms with van der Waals surface area (Å²) >= 11 is 0.983. The lowest BCUT2D eigenvalue weighted by molar-refractivity contribution is 0.579. The standard InChI is InChI=1S/C7H11N3O2S2/c8-7-9-4-6(13-7)14(11,12)10-3-5-1-2-5/h4-5,10H,1-3H2,(H2,8,9). The zero-order valence-corrected chi connectivity index (χ0v) is 9.07. The average molecular weight is 233 g/mol. The maximum Gasteiger partial charge on any atom is 0.251 e. The van der Waals surface area contributed by atoms with Crippen LogP contribution in [0.5, 0.6) is 0 Å². The van der Waals surface area contributed by atoms with Crippen LogP contribution < -0.4 is 10.5 Å². The molecule has 1 fully saturated rings. The van der Waals surface area contributed by atoms with Crippen LogP contribution in [0.4, 0.5) is 5.13 Å². The highest BCUT2D eigenvalue weighted by Gasteiger charge is 2.25. The minimum absolute atomic E-state index is 0.190. The molecule has 0 radical (unpaired) electrons. The van der Waals surface area contributed by atoms with Gasteiger partial charge in [-0.2, -0.15) is 0 Å². The molecule has 1 aromatic rings. The average Bonchev–Trinajstić information content (AvgIpc) is 2.85. The number of nitrogens with one attached hydrogen (secondary N) is 1. The quantitative estimate of drug-likeness (QED) is 0.789. The molecule has 0 amide bonds. The van der Waals surface area contributed by atoms with Crippen molar-refractivity contribution in [2.75, 3.05) is 12.3 Å². The third-order valence-electron chi connectivity index (χ3n) is 2.03. The minimum atomic E-state index is -3.37. The second-order valence-corrected chi connectivity index (χ2v) is 6.37. The van der Waals surface area contributed by atoms with Gasteiger partial charge in [-0.1, -0.05) is 11.3 Å². The van der Waals surface area contributed by atoms with Crippen LogP contribution in [0.25, 0.3) is 0 Å². The van der Waals surface area contributed by atoms with Crippen molar-refractivity contribution < 1.29 is 8.42 Å². The monoisotopic (exact) mass is 233 g/mol. The van der Waals surface area contributed by atoms with E-state index in [0.717, 1.165) is 24.2 Å². The number of anilines is 1. The number of nitrogens with zero attached hydrogens (tertiary/aromatic N) is 1. The zero-order chi connectivity index (χ0) is 10.2. The topological polar surface area (TPSA) is 85.1 Å². The number of sulfonamides is 1. The molecule has 1 aliphatic carbocycles. The summed E-state index contributed by atoms with van der Waals surface area (Å²) in [6, 6.07) is 0. The van der Waals surface area contributed by atoms with Crippen LogP contribution in [0.2, 0.25) is 0 Å². The predicted molar refractivity (Wildman–Crippen MR) is 54.4 cm³/mol. The maximum atomic E-state index is 11.6. The van der Waals surface area contributed by atoms with Gasteiger partial charge in [0.1, 0.15) is 0 Å². The number of nitrogens with two attached hydrogens (primary N) is 1. The Morgan fingerprint density at radius 3 is 2.86 bits per heavy atom. The van der Waals surface area contributed by atoms with Crippen LogP contribution in [-0.2, 0) is 10.0 Å². The lowest BCUT2D eigenvalue weighted by atomic mass is 10.4. The second kappa shape index (κ2) is 3.48. The van der Waals surface area contributed by atoms with Crippen molar-refractivity contribution in [2.24, 2.45) is 5.92 Å². The first-order valence-corrected chi connectivity index (χ1v) is 6.59. The molecular weight excluding hydrogens is 222 g/mol. The smallest absolute Gasteiger partial charge is 0.251 e. The van der Waals surface area contributed by atoms with Gasteiger partial charge in [0.25, 0.3) is 10.0 Å². The van der Waals surface area contributed by atoms with Gasteiger partial charge in [0.05, 0.1) is 6.20 Å². The van der Waals surface area contributed by atoms with Crippen LogP contribution in [0.3, 0.4) is 0 Å². The molecular formula is C7H11N3O2S2. The van der Waals surface area contributed by atoms with Gasteiger partial charge in [-0.3, -0.25) is 0 Å². The molecule has 1 aromatic heterocycles. The summed E-state index contributed by atoms with van der Waals surface area (Å²) in [5, 5.41) is 0.275. The van der Waals surface area contributed by atoms with Gasteiger partial charge in [0, 0.05) is 6.54 Å². The molecule has 0 bridgehead atoms. The summed E-state index contributed by atoms with van der Waals surface area (Å²) in [5.41, 5.74) is 5.36. The predicted octanol–water partition coefficient (Wildman–Crippen LogP) is 0.414. The molecule has 0 spiro atoms. The lowest BCUT2D eigenvalue weighted by Gasteiger charge is -2.01. The summed E-state index contributed by atoms with van der Waals surface area (Å²) in [6.07, 6.45) is 3.52. The number of hydrogen-bond acceptors (Lipinski definition) is 5. The highest BCUT2D eigenvalue weighted by Crippen LogP contribution is 2.28. The minimum Gasteiger partial charge on any atom is -0.375 e. The summed E-state index contributed by atoms with van der Waals surface area (Å²) < 4.78 is 25.9. The van der Waals surface area contributed by atoms with E-state index in [4.69, 9.17) is 5.73 Å². The molecule has 1 heterocycles. The largest absolute Gasteiger partial charge is 0.375 e. The first kappa shape index (κ1) is 9.88. The van der Waals surface area contributed by atoms with Gasteiger partial charge >= 0.3 is 0 Å². The number of nitrogen functional groups attached to an aromatic ring is 1. The number of rotatable bonds is 4. The van der Waals surface area contributed by atoms with Gasteiger partial charge < -0.3 is 5.73 Å². The Hall–Kier alpha value is -0.660. The molecule has 1 saturated carbocycles. The third-order valence-corrected chi connectivity index (χ3v) is 4.74. The van der Waals surface area contributed by atoms with E-state index in [-0.39, 0.29) is 9.34 Å². The Bertz CT molecular complexity index is 422. The highest BCUT2D eigenvalue weighted by molar-refractivity contribution is 7.91. The summed E-state index contributed by atoms with van der Waals surface area (Å²) in [4.78, 5) is 3.70. The Morgan fingerprint density at radius 1 is 1.64 bits per heavy atom.